The minimum Gasteiger partial charge on any atom is -0.356 e. The van der Waals surface area contributed by atoms with Crippen LogP contribution in [0.5, 0.6) is 0 Å². The molecule has 1 unspecified atom stereocenters. The number of hydrogen-bond donors (Lipinski definition) is 2. The highest BCUT2D eigenvalue weighted by atomic mass is 16.2. The Morgan fingerprint density at radius 2 is 1.86 bits per heavy atom. The Hall–Kier alpha value is -1.88. The van der Waals surface area contributed by atoms with Crippen molar-refractivity contribution >= 4 is 11.8 Å². The molecule has 0 spiro atoms. The molecule has 3 N–H and O–H groups in total. The molecule has 5 heteroatoms. The van der Waals surface area contributed by atoms with Crippen LogP contribution in [-0.2, 0) is 15.1 Å². The third-order valence-electron chi connectivity index (χ3n) is 4.36. The minimum atomic E-state index is -0.994. The molecule has 1 saturated heterocycles. The maximum atomic E-state index is 12.7. The van der Waals surface area contributed by atoms with Crippen molar-refractivity contribution in [2.45, 2.75) is 32.2 Å². The van der Waals surface area contributed by atoms with E-state index in [1.54, 1.807) is 6.92 Å². The summed E-state index contributed by atoms with van der Waals surface area (Å²) in [7, 11) is 0. The summed E-state index contributed by atoms with van der Waals surface area (Å²) in [5.41, 5.74) is 6.14. The second kappa shape index (κ2) is 6.92. The van der Waals surface area contributed by atoms with Gasteiger partial charge in [-0.2, -0.15) is 0 Å². The lowest BCUT2D eigenvalue weighted by Gasteiger charge is -2.37. The molecule has 1 aromatic carbocycles. The highest BCUT2D eigenvalue weighted by molar-refractivity contribution is 5.87. The average Bonchev–Trinajstić information content (AvgIpc) is 2.53. The number of nitrogens with zero attached hydrogens (tertiary/aromatic N) is 1. The normalized spacial score (nSPS) is 18.6. The summed E-state index contributed by atoms with van der Waals surface area (Å²) < 4.78 is 0. The van der Waals surface area contributed by atoms with Gasteiger partial charge >= 0.3 is 0 Å². The molecule has 5 nitrogen and oxygen atoms in total. The molecule has 1 heterocycles. The molecule has 1 fully saturated rings. The summed E-state index contributed by atoms with van der Waals surface area (Å²) in [4.78, 5) is 25.5. The first-order chi connectivity index (χ1) is 10.4. The molecule has 0 aliphatic carbocycles. The fourth-order valence-electron chi connectivity index (χ4n) is 2.86. The lowest BCUT2D eigenvalue weighted by Crippen LogP contribution is -2.53. The van der Waals surface area contributed by atoms with Gasteiger partial charge in [-0.1, -0.05) is 30.3 Å². The van der Waals surface area contributed by atoms with Gasteiger partial charge in [-0.3, -0.25) is 9.59 Å². The SMILES string of the molecule is CC(=O)NCC1CCN(C(=O)C(C)(N)c2ccccc2)CC1. The van der Waals surface area contributed by atoms with Crippen molar-refractivity contribution in [3.8, 4) is 0 Å². The topological polar surface area (TPSA) is 75.4 Å². The van der Waals surface area contributed by atoms with E-state index in [1.165, 1.54) is 6.92 Å². The molecule has 0 saturated carbocycles. The van der Waals surface area contributed by atoms with Gasteiger partial charge in [-0.05, 0) is 31.2 Å². The Morgan fingerprint density at radius 1 is 1.27 bits per heavy atom. The number of rotatable bonds is 4. The van der Waals surface area contributed by atoms with Crippen LogP contribution in [0.3, 0.4) is 0 Å². The predicted octanol–water partition coefficient (Wildman–Crippen LogP) is 1.24. The Kier molecular flexibility index (Phi) is 5.19. The smallest absolute Gasteiger partial charge is 0.246 e. The van der Waals surface area contributed by atoms with Crippen LogP contribution in [0.15, 0.2) is 30.3 Å². The maximum Gasteiger partial charge on any atom is 0.246 e. The fourth-order valence-corrected chi connectivity index (χ4v) is 2.86. The van der Waals surface area contributed by atoms with Gasteiger partial charge in [0, 0.05) is 26.6 Å². The molecule has 120 valence electrons. The Labute approximate surface area is 131 Å². The van der Waals surface area contributed by atoms with Crippen molar-refractivity contribution in [2.24, 2.45) is 11.7 Å². The number of amides is 2. The number of hydrogen-bond acceptors (Lipinski definition) is 3. The lowest BCUT2D eigenvalue weighted by molar-refractivity contribution is -0.138. The molecular formula is C17H25N3O2. The van der Waals surface area contributed by atoms with Gasteiger partial charge in [-0.25, -0.2) is 0 Å². The summed E-state index contributed by atoms with van der Waals surface area (Å²) in [6.07, 6.45) is 1.80. The highest BCUT2D eigenvalue weighted by Crippen LogP contribution is 2.24. The zero-order valence-corrected chi connectivity index (χ0v) is 13.3. The number of piperidine rings is 1. The molecule has 1 aliphatic heterocycles. The average molecular weight is 303 g/mol. The summed E-state index contributed by atoms with van der Waals surface area (Å²) in [5.74, 6) is 0.405. The van der Waals surface area contributed by atoms with Gasteiger partial charge in [0.2, 0.25) is 11.8 Å². The number of likely N-dealkylation sites (tertiary alicyclic amines) is 1. The van der Waals surface area contributed by atoms with Crippen molar-refractivity contribution in [2.75, 3.05) is 19.6 Å². The molecule has 0 aromatic heterocycles. The predicted molar refractivity (Wildman–Crippen MR) is 86.0 cm³/mol. The fraction of sp³-hybridized carbons (Fsp3) is 0.529. The molecule has 1 aliphatic rings. The third-order valence-corrected chi connectivity index (χ3v) is 4.36. The van der Waals surface area contributed by atoms with Gasteiger partial charge in [0.15, 0.2) is 0 Å². The molecule has 1 aromatic rings. The van der Waals surface area contributed by atoms with Crippen molar-refractivity contribution in [3.05, 3.63) is 35.9 Å². The summed E-state index contributed by atoms with van der Waals surface area (Å²) in [6, 6.07) is 9.49. The van der Waals surface area contributed by atoms with Crippen LogP contribution in [0, 0.1) is 5.92 Å². The first-order valence-electron chi connectivity index (χ1n) is 7.79. The quantitative estimate of drug-likeness (QED) is 0.878. The number of nitrogens with one attached hydrogen (secondary N) is 1. The van der Waals surface area contributed by atoms with Gasteiger partial charge in [0.05, 0.1) is 0 Å². The van der Waals surface area contributed by atoms with Crippen LogP contribution in [0.1, 0.15) is 32.3 Å². The third kappa shape index (κ3) is 3.85. The van der Waals surface area contributed by atoms with Gasteiger partial charge in [-0.15, -0.1) is 0 Å². The van der Waals surface area contributed by atoms with Crippen molar-refractivity contribution in [1.82, 2.24) is 10.2 Å². The van der Waals surface area contributed by atoms with E-state index in [2.05, 4.69) is 5.32 Å². The summed E-state index contributed by atoms with van der Waals surface area (Å²) in [5, 5.41) is 2.85. The first-order valence-corrected chi connectivity index (χ1v) is 7.79. The maximum absolute atomic E-state index is 12.7. The van der Waals surface area contributed by atoms with E-state index in [0.717, 1.165) is 18.4 Å². The van der Waals surface area contributed by atoms with E-state index >= 15 is 0 Å². The molecule has 22 heavy (non-hydrogen) atoms. The largest absolute Gasteiger partial charge is 0.356 e. The molecule has 2 amide bonds. The Morgan fingerprint density at radius 3 is 2.41 bits per heavy atom. The minimum absolute atomic E-state index is 0.00267. The molecular weight excluding hydrogens is 278 g/mol. The second-order valence-corrected chi connectivity index (χ2v) is 6.24. The van der Waals surface area contributed by atoms with E-state index in [-0.39, 0.29) is 11.8 Å². The van der Waals surface area contributed by atoms with Gasteiger partial charge in [0.1, 0.15) is 5.54 Å². The zero-order chi connectivity index (χ0) is 16.2. The van der Waals surface area contributed by atoms with Crippen LogP contribution in [0.25, 0.3) is 0 Å². The van der Waals surface area contributed by atoms with E-state index < -0.39 is 5.54 Å². The molecule has 1 atom stereocenters. The van der Waals surface area contributed by atoms with E-state index in [4.69, 9.17) is 5.73 Å². The van der Waals surface area contributed by atoms with Crippen LogP contribution < -0.4 is 11.1 Å². The van der Waals surface area contributed by atoms with Crippen LogP contribution in [-0.4, -0.2) is 36.3 Å². The number of benzene rings is 1. The van der Waals surface area contributed by atoms with Gasteiger partial charge < -0.3 is 16.0 Å². The van der Waals surface area contributed by atoms with Gasteiger partial charge in [0.25, 0.3) is 0 Å². The second-order valence-electron chi connectivity index (χ2n) is 6.24. The van der Waals surface area contributed by atoms with Crippen LogP contribution in [0.4, 0.5) is 0 Å². The first kappa shape index (κ1) is 16.5. The Balaban J connectivity index is 1.93. The van der Waals surface area contributed by atoms with Crippen LogP contribution >= 0.6 is 0 Å². The van der Waals surface area contributed by atoms with Crippen LogP contribution in [0.2, 0.25) is 0 Å². The van der Waals surface area contributed by atoms with Crippen molar-refractivity contribution < 1.29 is 9.59 Å². The Bertz CT molecular complexity index is 520. The number of nitrogens with two attached hydrogens (primary N) is 1. The van der Waals surface area contributed by atoms with E-state index in [0.29, 0.717) is 25.6 Å². The monoisotopic (exact) mass is 303 g/mol. The number of carbonyl (C=O) groups is 2. The van der Waals surface area contributed by atoms with Crippen molar-refractivity contribution in [3.63, 3.8) is 0 Å². The standard InChI is InChI=1S/C17H25N3O2/c1-13(21)19-12-14-8-10-20(11-9-14)16(22)17(2,18)15-6-4-3-5-7-15/h3-7,14H,8-12,18H2,1-2H3,(H,19,21). The van der Waals surface area contributed by atoms with E-state index in [9.17, 15) is 9.59 Å². The summed E-state index contributed by atoms with van der Waals surface area (Å²) in [6.45, 7) is 5.38. The molecule has 0 radical (unpaired) electrons. The zero-order valence-electron chi connectivity index (χ0n) is 13.3. The number of carbonyl (C=O) groups excluding carboxylic acids is 2. The molecule has 2 rings (SSSR count). The van der Waals surface area contributed by atoms with Crippen molar-refractivity contribution in [1.29, 1.82) is 0 Å². The summed E-state index contributed by atoms with van der Waals surface area (Å²) >= 11 is 0. The lowest BCUT2D eigenvalue weighted by atomic mass is 9.89. The van der Waals surface area contributed by atoms with E-state index in [1.807, 2.05) is 35.2 Å². The molecule has 0 bridgehead atoms. The highest BCUT2D eigenvalue weighted by Gasteiger charge is 2.35.